The molecule has 0 unspecified atom stereocenters. The highest BCUT2D eigenvalue weighted by molar-refractivity contribution is 6.08. The van der Waals surface area contributed by atoms with Gasteiger partial charge < -0.3 is 9.47 Å². The summed E-state index contributed by atoms with van der Waals surface area (Å²) in [5, 5.41) is 10.1. The number of ether oxygens (including phenoxy) is 2. The lowest BCUT2D eigenvalue weighted by Gasteiger charge is -2.22. The molecule has 2 aliphatic rings. The van der Waals surface area contributed by atoms with Crippen molar-refractivity contribution < 1.29 is 36.2 Å². The first kappa shape index (κ1) is 28.1. The van der Waals surface area contributed by atoms with Gasteiger partial charge in [0.2, 0.25) is 11.7 Å². The van der Waals surface area contributed by atoms with Crippen molar-refractivity contribution >= 4 is 23.0 Å². The predicted molar refractivity (Wildman–Crippen MR) is 139 cm³/mol. The minimum Gasteiger partial charge on any atom is -0.493 e. The number of allylic oxidation sites excluding steroid dienone is 1. The summed E-state index contributed by atoms with van der Waals surface area (Å²) in [6, 6.07) is 5.85. The molecule has 2 aromatic heterocycles. The van der Waals surface area contributed by atoms with Crippen LogP contribution in [-0.4, -0.2) is 58.5 Å². The van der Waals surface area contributed by atoms with Crippen molar-refractivity contribution in [1.29, 1.82) is 0 Å². The molecular formula is C27H25F5N6O3. The van der Waals surface area contributed by atoms with Gasteiger partial charge in [-0.3, -0.25) is 14.2 Å². The Bertz CT molecular complexity index is 1560. The number of aromatic nitrogens is 2. The number of nitrogens with zero attached hydrogens (tertiary/aromatic N) is 5. The number of rotatable bonds is 9. The summed E-state index contributed by atoms with van der Waals surface area (Å²) in [5.74, 6) is -2.53. The number of methoxy groups -OCH3 is 1. The van der Waals surface area contributed by atoms with Gasteiger partial charge in [0.1, 0.15) is 5.71 Å². The van der Waals surface area contributed by atoms with Crippen molar-refractivity contribution in [3.63, 3.8) is 0 Å². The number of hydrazone groups is 2. The average molecular weight is 577 g/mol. The van der Waals surface area contributed by atoms with Crippen molar-refractivity contribution in [2.75, 3.05) is 26.8 Å². The number of fused-ring (bicyclic) bond motifs is 1. The fraction of sp³-hybridized carbons (Fsp3) is 0.333. The first-order valence-electron chi connectivity index (χ1n) is 12.8. The van der Waals surface area contributed by atoms with Crippen molar-refractivity contribution in [3.8, 4) is 11.5 Å². The number of alkyl halides is 3. The molecule has 5 rings (SSSR count). The van der Waals surface area contributed by atoms with Gasteiger partial charge in [-0.25, -0.2) is 14.8 Å². The number of hydrogen-bond acceptors (Lipinski definition) is 7. The summed E-state index contributed by atoms with van der Waals surface area (Å²) >= 11 is 0. The molecule has 0 atom stereocenters. The van der Waals surface area contributed by atoms with Crippen LogP contribution >= 0.6 is 0 Å². The monoisotopic (exact) mass is 576 g/mol. The number of carbonyl (C=O) groups is 1. The number of nitrogens with one attached hydrogen (secondary N) is 1. The fourth-order valence-electron chi connectivity index (χ4n) is 4.46. The summed E-state index contributed by atoms with van der Waals surface area (Å²) in [5.41, 5.74) is 2.34. The molecule has 0 saturated heterocycles. The summed E-state index contributed by atoms with van der Waals surface area (Å²) in [6.07, 6.45) is 1.32. The largest absolute Gasteiger partial charge is 0.493 e. The third-order valence-electron chi connectivity index (χ3n) is 6.52. The van der Waals surface area contributed by atoms with E-state index in [-0.39, 0.29) is 53.8 Å². The Morgan fingerprint density at radius 3 is 2.59 bits per heavy atom. The normalized spacial score (nSPS) is 15.6. The Hall–Kier alpha value is -4.49. The summed E-state index contributed by atoms with van der Waals surface area (Å²) in [4.78, 5) is 14.9. The van der Waals surface area contributed by atoms with Gasteiger partial charge in [0.15, 0.2) is 28.7 Å². The number of halogens is 5. The van der Waals surface area contributed by atoms with Crippen molar-refractivity contribution in [2.45, 2.75) is 31.9 Å². The summed E-state index contributed by atoms with van der Waals surface area (Å²) in [7, 11) is 1.36. The van der Waals surface area contributed by atoms with E-state index in [0.717, 1.165) is 6.20 Å². The van der Waals surface area contributed by atoms with Gasteiger partial charge in [0, 0.05) is 31.1 Å². The zero-order valence-electron chi connectivity index (χ0n) is 21.8. The van der Waals surface area contributed by atoms with Crippen LogP contribution in [0.1, 0.15) is 42.6 Å². The van der Waals surface area contributed by atoms with Crippen LogP contribution in [0.2, 0.25) is 0 Å². The molecule has 1 amide bonds. The number of imidazole rings is 1. The maximum absolute atomic E-state index is 14.6. The highest BCUT2D eigenvalue weighted by atomic mass is 19.4. The molecule has 2 aliphatic heterocycles. The summed E-state index contributed by atoms with van der Waals surface area (Å²) in [6.45, 7) is 1.11. The molecule has 216 valence electrons. The molecule has 9 nitrogen and oxygen atoms in total. The van der Waals surface area contributed by atoms with Gasteiger partial charge in [0.05, 0.1) is 31.7 Å². The lowest BCUT2D eigenvalue weighted by atomic mass is 10.0. The Labute approximate surface area is 230 Å². The third-order valence-corrected chi connectivity index (χ3v) is 6.52. The van der Waals surface area contributed by atoms with E-state index in [1.165, 1.54) is 23.6 Å². The molecule has 41 heavy (non-hydrogen) atoms. The first-order valence-corrected chi connectivity index (χ1v) is 12.8. The van der Waals surface area contributed by atoms with Crippen LogP contribution in [-0.2, 0) is 11.0 Å². The molecule has 0 aliphatic carbocycles. The number of carbonyl (C=O) groups excluding carboxylic acids is 1. The zero-order chi connectivity index (χ0) is 29.1. The van der Waals surface area contributed by atoms with Crippen LogP contribution in [0.25, 0.3) is 5.65 Å². The smallest absolute Gasteiger partial charge is 0.434 e. The number of hydrogen-bond donors (Lipinski definition) is 1. The standard InChI is InChI=1S/C27H25F5N6O3/c1-40-21-10-8-19(38-15-22(27(30,31)32)33-26(21)38)18-5-4-13-37(36-18)12-2-3-14-41-20-9-6-16(24(28)25(20)29)17-7-11-23(39)35-34-17/h4-6,8-10,15H,2-3,7,11-14H2,1H3,(H,35,39). The Balaban J connectivity index is 1.19. The van der Waals surface area contributed by atoms with Crippen molar-refractivity contribution in [1.82, 2.24) is 19.8 Å². The van der Waals surface area contributed by atoms with E-state index in [0.29, 0.717) is 37.3 Å². The first-order chi connectivity index (χ1) is 19.7. The van der Waals surface area contributed by atoms with Gasteiger partial charge in [-0.2, -0.15) is 27.8 Å². The van der Waals surface area contributed by atoms with E-state index >= 15 is 0 Å². The van der Waals surface area contributed by atoms with Gasteiger partial charge in [-0.15, -0.1) is 0 Å². The summed E-state index contributed by atoms with van der Waals surface area (Å²) < 4.78 is 81.1. The molecule has 1 aromatic carbocycles. The molecule has 0 spiro atoms. The minimum atomic E-state index is -4.62. The van der Waals surface area contributed by atoms with Crippen LogP contribution in [0.5, 0.6) is 11.5 Å². The van der Waals surface area contributed by atoms with Crippen LogP contribution < -0.4 is 14.9 Å². The lowest BCUT2D eigenvalue weighted by molar-refractivity contribution is -0.140. The molecule has 4 heterocycles. The van der Waals surface area contributed by atoms with Crippen molar-refractivity contribution in [2.24, 2.45) is 10.2 Å². The van der Waals surface area contributed by atoms with Crippen LogP contribution in [0.4, 0.5) is 22.0 Å². The van der Waals surface area contributed by atoms with E-state index in [4.69, 9.17) is 9.47 Å². The average Bonchev–Trinajstić information content (AvgIpc) is 3.42. The van der Waals surface area contributed by atoms with Gasteiger partial charge in [-0.1, -0.05) is 6.08 Å². The zero-order valence-corrected chi connectivity index (χ0v) is 21.8. The molecule has 0 saturated carbocycles. The highest BCUT2D eigenvalue weighted by Gasteiger charge is 2.35. The van der Waals surface area contributed by atoms with E-state index in [9.17, 15) is 26.7 Å². The van der Waals surface area contributed by atoms with E-state index < -0.39 is 23.5 Å². The topological polar surface area (TPSA) is 92.8 Å². The molecule has 0 bridgehead atoms. The SMILES string of the molecule is COc1ccc(C2=NN(CCCCOc3ccc(C4=NNC(=O)CC4)c(F)c3F)CC=C2)n2cc(C(F)(F)F)nc12. The molecular weight excluding hydrogens is 551 g/mol. The lowest BCUT2D eigenvalue weighted by Crippen LogP contribution is -2.26. The van der Waals surface area contributed by atoms with Crippen molar-refractivity contribution in [3.05, 3.63) is 71.2 Å². The second-order valence-electron chi connectivity index (χ2n) is 9.29. The number of pyridine rings is 1. The van der Waals surface area contributed by atoms with Crippen LogP contribution in [0.3, 0.4) is 0 Å². The fourth-order valence-corrected chi connectivity index (χ4v) is 4.46. The van der Waals surface area contributed by atoms with Gasteiger partial charge in [-0.05, 0) is 43.2 Å². The highest BCUT2D eigenvalue weighted by Crippen LogP contribution is 2.32. The van der Waals surface area contributed by atoms with E-state index in [1.54, 1.807) is 23.2 Å². The molecule has 0 radical (unpaired) electrons. The Kier molecular flexibility index (Phi) is 7.90. The molecule has 3 aromatic rings. The predicted octanol–water partition coefficient (Wildman–Crippen LogP) is 4.69. The van der Waals surface area contributed by atoms with Crippen LogP contribution in [0, 0.1) is 11.6 Å². The van der Waals surface area contributed by atoms with E-state index in [1.807, 2.05) is 6.08 Å². The molecule has 0 fully saturated rings. The quantitative estimate of drug-likeness (QED) is 0.295. The Morgan fingerprint density at radius 2 is 1.85 bits per heavy atom. The second kappa shape index (κ2) is 11.6. The number of benzene rings is 1. The maximum atomic E-state index is 14.6. The number of unbranched alkanes of at least 4 members (excludes halogenated alkanes) is 1. The molecule has 1 N–H and O–H groups in total. The maximum Gasteiger partial charge on any atom is 0.434 e. The van der Waals surface area contributed by atoms with Gasteiger partial charge >= 0.3 is 6.18 Å². The minimum absolute atomic E-state index is 0.0258. The number of amides is 1. The molecule has 14 heteroatoms. The third kappa shape index (κ3) is 6.00. The van der Waals surface area contributed by atoms with Gasteiger partial charge in [0.25, 0.3) is 0 Å². The van der Waals surface area contributed by atoms with E-state index in [2.05, 4.69) is 20.6 Å². The van der Waals surface area contributed by atoms with Crippen LogP contribution in [0.15, 0.2) is 52.8 Å². The second-order valence-corrected chi connectivity index (χ2v) is 9.29. The Morgan fingerprint density at radius 1 is 1.05 bits per heavy atom.